The maximum absolute atomic E-state index is 14.4. The number of aromatic carboxylic acids is 1. The third kappa shape index (κ3) is 7.13. The molecule has 2 amide bonds. The molecule has 4 aromatic carbocycles. The van der Waals surface area contributed by atoms with E-state index in [1.165, 1.54) is 6.07 Å². The topological polar surface area (TPSA) is 125 Å². The second-order valence-corrected chi connectivity index (χ2v) is 11.3. The number of carboxylic acids is 1. The summed E-state index contributed by atoms with van der Waals surface area (Å²) in [7, 11) is 0. The van der Waals surface area contributed by atoms with Gasteiger partial charge < -0.3 is 15.0 Å². The van der Waals surface area contributed by atoms with Crippen molar-refractivity contribution in [3.05, 3.63) is 124 Å². The molecule has 5 aromatic rings. The second-order valence-electron chi connectivity index (χ2n) is 11.3. The third-order valence-electron chi connectivity index (χ3n) is 7.91. The van der Waals surface area contributed by atoms with Crippen molar-refractivity contribution in [2.45, 2.75) is 45.7 Å². The van der Waals surface area contributed by atoms with E-state index in [9.17, 15) is 29.1 Å². The number of hydroxylamine groups is 2. The lowest BCUT2D eigenvalue weighted by Gasteiger charge is -2.22. The number of rotatable bonds is 13. The fourth-order valence-electron chi connectivity index (χ4n) is 5.68. The number of carbonyl (C=O) groups is 3. The molecule has 0 spiro atoms. The highest BCUT2D eigenvalue weighted by Gasteiger charge is 2.21. The number of halogens is 1. The Morgan fingerprint density at radius 1 is 1.04 bits per heavy atom. The van der Waals surface area contributed by atoms with Crippen LogP contribution in [-0.2, 0) is 24.2 Å². The van der Waals surface area contributed by atoms with Gasteiger partial charge in [-0.25, -0.2) is 19.2 Å². The van der Waals surface area contributed by atoms with Gasteiger partial charge in [0.2, 0.25) is 6.41 Å². The largest absolute Gasteiger partial charge is 0.478 e. The van der Waals surface area contributed by atoms with E-state index < -0.39 is 23.7 Å². The van der Waals surface area contributed by atoms with Gasteiger partial charge in [0.05, 0.1) is 29.2 Å². The summed E-state index contributed by atoms with van der Waals surface area (Å²) in [4.78, 5) is 41.4. The lowest BCUT2D eigenvalue weighted by Crippen LogP contribution is -2.44. The molecule has 0 aliphatic carbocycles. The third-order valence-corrected chi connectivity index (χ3v) is 7.91. The zero-order valence-corrected chi connectivity index (χ0v) is 25.6. The predicted molar refractivity (Wildman–Crippen MR) is 172 cm³/mol. The molecule has 3 N–H and O–H groups in total. The van der Waals surface area contributed by atoms with Gasteiger partial charge in [0, 0.05) is 18.5 Å². The van der Waals surface area contributed by atoms with Gasteiger partial charge in [0.1, 0.15) is 11.6 Å². The van der Waals surface area contributed by atoms with E-state index in [-0.39, 0.29) is 24.9 Å². The van der Waals surface area contributed by atoms with E-state index in [2.05, 4.69) is 16.8 Å². The number of nitrogens with one attached hydrogen (secondary N) is 1. The van der Waals surface area contributed by atoms with Gasteiger partial charge in [-0.3, -0.25) is 14.8 Å². The van der Waals surface area contributed by atoms with Gasteiger partial charge in [-0.1, -0.05) is 67.6 Å². The van der Waals surface area contributed by atoms with Crippen molar-refractivity contribution in [1.29, 1.82) is 0 Å². The number of hydrogen-bond donors (Lipinski definition) is 3. The van der Waals surface area contributed by atoms with E-state index in [1.54, 1.807) is 48.5 Å². The van der Waals surface area contributed by atoms with Gasteiger partial charge in [-0.15, -0.1) is 0 Å². The minimum atomic E-state index is -0.986. The SMILES string of the molecule is CCCc1nc2c(C)cc(C(=O)N[C@H](Cc3ccccc3F)CN(O)C=O)cc2n1Cc1ccc(-c2ccccc2C(=O)O)cc1. The first-order chi connectivity index (χ1) is 22.2. The standard InChI is InChI=1S/C36H35FN4O5/c1-3-8-33-39-34-23(2)17-27(35(43)38-28(21-40(46)22-42)18-26-9-4-7-12-31(26)37)19-32(34)41(33)20-24-13-15-25(16-14-24)29-10-5-6-11-30(29)36(44)45/h4-7,9-17,19,22,28,46H,3,8,18,20-21H2,1-2H3,(H,38,43)(H,44,45)/t28-/m1/s1. The van der Waals surface area contributed by atoms with Crippen molar-refractivity contribution in [2.75, 3.05) is 6.54 Å². The lowest BCUT2D eigenvalue weighted by molar-refractivity contribution is -0.150. The molecule has 0 aliphatic heterocycles. The maximum Gasteiger partial charge on any atom is 0.336 e. The van der Waals surface area contributed by atoms with Gasteiger partial charge in [-0.2, -0.15) is 0 Å². The van der Waals surface area contributed by atoms with Gasteiger partial charge in [0.25, 0.3) is 5.91 Å². The monoisotopic (exact) mass is 622 g/mol. The molecule has 10 heteroatoms. The fraction of sp³-hybridized carbons (Fsp3) is 0.222. The molecule has 9 nitrogen and oxygen atoms in total. The van der Waals surface area contributed by atoms with Crippen LogP contribution in [-0.4, -0.2) is 55.8 Å². The first-order valence-electron chi connectivity index (χ1n) is 15.0. The molecule has 0 aliphatic rings. The first-order valence-corrected chi connectivity index (χ1v) is 15.0. The highest BCUT2D eigenvalue weighted by molar-refractivity contribution is 5.99. The molecule has 0 fully saturated rings. The van der Waals surface area contributed by atoms with E-state index in [0.29, 0.717) is 28.3 Å². The number of benzene rings is 4. The van der Waals surface area contributed by atoms with Crippen LogP contribution in [0.5, 0.6) is 0 Å². The van der Waals surface area contributed by atoms with Crippen LogP contribution in [0.15, 0.2) is 84.9 Å². The van der Waals surface area contributed by atoms with Crippen molar-refractivity contribution in [3.8, 4) is 11.1 Å². The molecule has 0 radical (unpaired) electrons. The highest BCUT2D eigenvalue weighted by Crippen LogP contribution is 2.27. The predicted octanol–water partition coefficient (Wildman–Crippen LogP) is 6.04. The first kappa shape index (κ1) is 32.1. The molecule has 236 valence electrons. The van der Waals surface area contributed by atoms with Crippen LogP contribution in [0.4, 0.5) is 4.39 Å². The summed E-state index contributed by atoms with van der Waals surface area (Å²) in [5.41, 5.74) is 5.71. The Balaban J connectivity index is 1.45. The number of imidazole rings is 1. The molecular formula is C36H35FN4O5. The smallest absolute Gasteiger partial charge is 0.336 e. The summed E-state index contributed by atoms with van der Waals surface area (Å²) < 4.78 is 16.5. The molecular weight excluding hydrogens is 587 g/mol. The van der Waals surface area contributed by atoms with Gasteiger partial charge in [0.15, 0.2) is 0 Å². The summed E-state index contributed by atoms with van der Waals surface area (Å²) in [6.07, 6.45) is 1.90. The number of amides is 2. The Bertz CT molecular complexity index is 1890. The quantitative estimate of drug-likeness (QED) is 0.0836. The summed E-state index contributed by atoms with van der Waals surface area (Å²) in [6.45, 7) is 4.21. The van der Waals surface area contributed by atoms with E-state index in [4.69, 9.17) is 4.98 Å². The number of aromatic nitrogens is 2. The normalized spacial score (nSPS) is 11.7. The van der Waals surface area contributed by atoms with Crippen LogP contribution < -0.4 is 5.32 Å². The van der Waals surface area contributed by atoms with Gasteiger partial charge in [-0.05, 0) is 71.8 Å². The highest BCUT2D eigenvalue weighted by atomic mass is 19.1. The van der Waals surface area contributed by atoms with E-state index in [0.717, 1.165) is 46.4 Å². The molecule has 1 heterocycles. The van der Waals surface area contributed by atoms with Crippen molar-refractivity contribution < 1.29 is 29.1 Å². The summed E-state index contributed by atoms with van der Waals surface area (Å²) in [5, 5.41) is 22.8. The van der Waals surface area contributed by atoms with Crippen LogP contribution in [0.3, 0.4) is 0 Å². The number of nitrogens with zero attached hydrogens (tertiary/aromatic N) is 3. The van der Waals surface area contributed by atoms with Crippen LogP contribution >= 0.6 is 0 Å². The zero-order chi connectivity index (χ0) is 32.8. The van der Waals surface area contributed by atoms with Crippen LogP contribution in [0.2, 0.25) is 0 Å². The molecule has 46 heavy (non-hydrogen) atoms. The average molecular weight is 623 g/mol. The van der Waals surface area contributed by atoms with Crippen LogP contribution in [0, 0.1) is 12.7 Å². The Labute approximate surface area is 265 Å². The number of aryl methyl sites for hydroxylation is 2. The summed E-state index contributed by atoms with van der Waals surface area (Å²) >= 11 is 0. The number of carboxylic acid groups (broad SMARTS) is 1. The molecule has 5 rings (SSSR count). The number of carbonyl (C=O) groups excluding carboxylic acids is 2. The van der Waals surface area contributed by atoms with Crippen molar-refractivity contribution in [1.82, 2.24) is 19.9 Å². The molecule has 1 atom stereocenters. The zero-order valence-electron chi connectivity index (χ0n) is 25.6. The van der Waals surface area contributed by atoms with Crippen molar-refractivity contribution in [3.63, 3.8) is 0 Å². The lowest BCUT2D eigenvalue weighted by atomic mass is 9.98. The molecule has 0 saturated heterocycles. The minimum Gasteiger partial charge on any atom is -0.478 e. The molecule has 0 unspecified atom stereocenters. The molecule has 1 aromatic heterocycles. The maximum atomic E-state index is 14.4. The van der Waals surface area contributed by atoms with Crippen LogP contribution in [0.1, 0.15) is 56.6 Å². The fourth-order valence-corrected chi connectivity index (χ4v) is 5.68. The van der Waals surface area contributed by atoms with Gasteiger partial charge >= 0.3 is 5.97 Å². The number of fused-ring (bicyclic) bond motifs is 1. The molecule has 0 saturated carbocycles. The van der Waals surface area contributed by atoms with E-state index >= 15 is 0 Å². The van der Waals surface area contributed by atoms with E-state index in [1.807, 2.05) is 37.3 Å². The van der Waals surface area contributed by atoms with Crippen molar-refractivity contribution in [2.24, 2.45) is 0 Å². The number of hydrogen-bond acceptors (Lipinski definition) is 5. The summed E-state index contributed by atoms with van der Waals surface area (Å²) in [5.74, 6) is -0.990. The van der Waals surface area contributed by atoms with Crippen LogP contribution in [0.25, 0.3) is 22.2 Å². The average Bonchev–Trinajstić information content (AvgIpc) is 3.39. The van der Waals surface area contributed by atoms with Crippen molar-refractivity contribution >= 4 is 29.3 Å². The molecule has 0 bridgehead atoms. The minimum absolute atomic E-state index is 0.0655. The second kappa shape index (κ2) is 14.2. The Hall–Kier alpha value is -5.35. The Morgan fingerprint density at radius 3 is 2.46 bits per heavy atom. The Kier molecular flexibility index (Phi) is 9.88. The summed E-state index contributed by atoms with van der Waals surface area (Å²) in [6, 6.07) is 23.5. The Morgan fingerprint density at radius 2 is 1.76 bits per heavy atom.